The summed E-state index contributed by atoms with van der Waals surface area (Å²) in [5, 5.41) is 4.00. The van der Waals surface area contributed by atoms with Crippen LogP contribution in [-0.4, -0.2) is 16.7 Å². The van der Waals surface area contributed by atoms with E-state index in [0.29, 0.717) is 21.5 Å². The van der Waals surface area contributed by atoms with Gasteiger partial charge in [0.1, 0.15) is 11.5 Å². The van der Waals surface area contributed by atoms with E-state index in [0.717, 1.165) is 27.4 Å². The van der Waals surface area contributed by atoms with Gasteiger partial charge in [0, 0.05) is 29.0 Å². The van der Waals surface area contributed by atoms with Crippen LogP contribution in [0.1, 0.15) is 23.2 Å². The van der Waals surface area contributed by atoms with E-state index in [2.05, 4.69) is 5.32 Å². The van der Waals surface area contributed by atoms with Gasteiger partial charge in [0.2, 0.25) is 5.91 Å². The normalized spacial score (nSPS) is 10.7. The van der Waals surface area contributed by atoms with Gasteiger partial charge in [0.05, 0.1) is 10.6 Å². The predicted molar refractivity (Wildman–Crippen MR) is 153 cm³/mol. The minimum absolute atomic E-state index is 0.0532. The quantitative estimate of drug-likeness (QED) is 0.191. The van der Waals surface area contributed by atoms with Crippen LogP contribution in [0, 0.1) is 0 Å². The van der Waals surface area contributed by atoms with E-state index < -0.39 is 0 Å². The largest absolute Gasteiger partial charge is 0.457 e. The number of halogens is 1. The third-order valence-corrected chi connectivity index (χ3v) is 7.03. The smallest absolute Gasteiger partial charge is 0.226 e. The van der Waals surface area contributed by atoms with Crippen molar-refractivity contribution in [3.63, 3.8) is 0 Å². The van der Waals surface area contributed by atoms with E-state index >= 15 is 0 Å². The predicted octanol–water partition coefficient (Wildman–Crippen LogP) is 8.52. The first kappa shape index (κ1) is 25.4. The second-order valence-corrected chi connectivity index (χ2v) is 9.92. The lowest BCUT2D eigenvalue weighted by Gasteiger charge is -2.06. The molecule has 1 aromatic heterocycles. The van der Waals surface area contributed by atoms with Gasteiger partial charge < -0.3 is 10.1 Å². The highest BCUT2D eigenvalue weighted by Crippen LogP contribution is 2.39. The number of carbonyl (C=O) groups is 2. The molecule has 5 nitrogen and oxygen atoms in total. The molecule has 7 heteroatoms. The minimum atomic E-state index is -0.265. The number of aromatic nitrogens is 1. The summed E-state index contributed by atoms with van der Waals surface area (Å²) in [5.74, 6) is 0.982. The molecule has 0 aliphatic carbocycles. The molecule has 0 unspecified atom stereocenters. The number of carbonyl (C=O) groups excluding carboxylic acids is 2. The summed E-state index contributed by atoms with van der Waals surface area (Å²) in [6.45, 7) is 0. The highest BCUT2D eigenvalue weighted by molar-refractivity contribution is 7.19. The molecule has 0 fully saturated rings. The number of para-hydroxylation sites is 1. The molecule has 188 valence electrons. The Labute approximate surface area is 229 Å². The van der Waals surface area contributed by atoms with Crippen LogP contribution in [0.15, 0.2) is 109 Å². The van der Waals surface area contributed by atoms with Crippen LogP contribution in [0.4, 0.5) is 5.13 Å². The van der Waals surface area contributed by atoms with E-state index in [1.165, 1.54) is 11.3 Å². The van der Waals surface area contributed by atoms with E-state index in [1.54, 1.807) is 24.3 Å². The Morgan fingerprint density at radius 3 is 2.05 bits per heavy atom. The standard InChI is InChI=1S/C31H23ClN2O3S/c32-24-15-11-23(12-16-24)30-29(22-7-3-1-4-8-22)34-31(38-30)33-28(36)20-19-27(35)21-13-17-26(18-14-21)37-25-9-5-2-6-10-25/h1-18H,19-20H2,(H,33,34,36). The van der Waals surface area contributed by atoms with Gasteiger partial charge in [-0.15, -0.1) is 0 Å². The fourth-order valence-corrected chi connectivity index (χ4v) is 4.98. The van der Waals surface area contributed by atoms with Crippen molar-refractivity contribution in [3.05, 3.63) is 120 Å². The number of Topliss-reactive ketones (excluding diaryl/α,β-unsaturated/α-hetero) is 1. The first-order valence-corrected chi connectivity index (χ1v) is 13.2. The van der Waals surface area contributed by atoms with Gasteiger partial charge in [0.15, 0.2) is 10.9 Å². The lowest BCUT2D eigenvalue weighted by atomic mass is 10.1. The summed E-state index contributed by atoms with van der Waals surface area (Å²) in [6, 6.07) is 33.7. The number of nitrogens with zero attached hydrogens (tertiary/aromatic N) is 1. The average Bonchev–Trinajstić information content (AvgIpc) is 3.37. The van der Waals surface area contributed by atoms with E-state index in [4.69, 9.17) is 21.3 Å². The topological polar surface area (TPSA) is 68.3 Å². The summed E-state index contributed by atoms with van der Waals surface area (Å²) in [7, 11) is 0. The molecule has 0 radical (unpaired) electrons. The molecule has 1 heterocycles. The maximum absolute atomic E-state index is 12.7. The molecule has 0 aliphatic rings. The van der Waals surface area contributed by atoms with Crippen molar-refractivity contribution < 1.29 is 14.3 Å². The Morgan fingerprint density at radius 2 is 1.37 bits per heavy atom. The van der Waals surface area contributed by atoms with Crippen LogP contribution >= 0.6 is 22.9 Å². The maximum atomic E-state index is 12.7. The van der Waals surface area contributed by atoms with Crippen LogP contribution in [0.3, 0.4) is 0 Å². The second-order valence-electron chi connectivity index (χ2n) is 8.48. The third-order valence-electron chi connectivity index (χ3n) is 5.76. The highest BCUT2D eigenvalue weighted by Gasteiger charge is 2.17. The molecular weight excluding hydrogens is 516 g/mol. The molecule has 4 aromatic carbocycles. The molecule has 1 amide bonds. The Morgan fingerprint density at radius 1 is 0.737 bits per heavy atom. The molecular formula is C31H23ClN2O3S. The Balaban J connectivity index is 1.23. The van der Waals surface area contributed by atoms with E-state index in [1.807, 2.05) is 84.9 Å². The van der Waals surface area contributed by atoms with Crippen molar-refractivity contribution in [2.24, 2.45) is 0 Å². The van der Waals surface area contributed by atoms with Gasteiger partial charge in [-0.2, -0.15) is 0 Å². The van der Waals surface area contributed by atoms with Gasteiger partial charge >= 0.3 is 0 Å². The van der Waals surface area contributed by atoms with Crippen molar-refractivity contribution in [3.8, 4) is 33.2 Å². The monoisotopic (exact) mass is 538 g/mol. The maximum Gasteiger partial charge on any atom is 0.226 e. The highest BCUT2D eigenvalue weighted by atomic mass is 35.5. The van der Waals surface area contributed by atoms with E-state index in [9.17, 15) is 9.59 Å². The SMILES string of the molecule is O=C(CCC(=O)c1ccc(Oc2ccccc2)cc1)Nc1nc(-c2ccccc2)c(-c2ccc(Cl)cc2)s1. The number of thiazole rings is 1. The van der Waals surface area contributed by atoms with Crippen LogP contribution in [0.2, 0.25) is 5.02 Å². The zero-order chi connectivity index (χ0) is 26.3. The number of nitrogens with one attached hydrogen (secondary N) is 1. The molecule has 0 bridgehead atoms. The van der Waals surface area contributed by atoms with Crippen molar-refractivity contribution in [2.45, 2.75) is 12.8 Å². The molecule has 0 saturated carbocycles. The van der Waals surface area contributed by atoms with Crippen molar-refractivity contribution >= 4 is 39.8 Å². The second kappa shape index (κ2) is 11.9. The Hall–Kier alpha value is -4.26. The fraction of sp³-hybridized carbons (Fsp3) is 0.0645. The fourth-order valence-electron chi connectivity index (χ4n) is 3.85. The van der Waals surface area contributed by atoms with Gasteiger partial charge in [-0.1, -0.05) is 83.6 Å². The van der Waals surface area contributed by atoms with E-state index in [-0.39, 0.29) is 24.5 Å². The summed E-state index contributed by atoms with van der Waals surface area (Å²) in [4.78, 5) is 31.0. The molecule has 38 heavy (non-hydrogen) atoms. The number of ketones is 1. The Bertz CT molecular complexity index is 1530. The van der Waals surface area contributed by atoms with Crippen LogP contribution in [0.5, 0.6) is 11.5 Å². The molecule has 0 atom stereocenters. The Kier molecular flexibility index (Phi) is 7.92. The van der Waals surface area contributed by atoms with Gasteiger partial charge in [-0.25, -0.2) is 4.98 Å². The summed E-state index contributed by atoms with van der Waals surface area (Å²) >= 11 is 7.46. The molecule has 0 spiro atoms. The lowest BCUT2D eigenvalue weighted by molar-refractivity contribution is -0.116. The lowest BCUT2D eigenvalue weighted by Crippen LogP contribution is -2.13. The number of hydrogen-bond donors (Lipinski definition) is 1. The number of benzene rings is 4. The molecule has 5 rings (SSSR count). The summed E-state index contributed by atoms with van der Waals surface area (Å²) in [5.41, 5.74) is 3.22. The van der Waals surface area contributed by atoms with Crippen molar-refractivity contribution in [1.82, 2.24) is 4.98 Å². The molecule has 1 N–H and O–H groups in total. The molecule has 5 aromatic rings. The van der Waals surface area contributed by atoms with Crippen molar-refractivity contribution in [2.75, 3.05) is 5.32 Å². The van der Waals surface area contributed by atoms with Crippen LogP contribution < -0.4 is 10.1 Å². The zero-order valence-corrected chi connectivity index (χ0v) is 21.8. The van der Waals surface area contributed by atoms with Crippen LogP contribution in [-0.2, 0) is 4.79 Å². The number of hydrogen-bond acceptors (Lipinski definition) is 5. The van der Waals surface area contributed by atoms with Gasteiger partial charge in [0.25, 0.3) is 0 Å². The van der Waals surface area contributed by atoms with Crippen LogP contribution in [0.25, 0.3) is 21.7 Å². The number of rotatable bonds is 9. The summed E-state index contributed by atoms with van der Waals surface area (Å²) < 4.78 is 5.77. The molecule has 0 aliphatic heterocycles. The minimum Gasteiger partial charge on any atom is -0.457 e. The van der Waals surface area contributed by atoms with Gasteiger partial charge in [-0.05, 0) is 54.1 Å². The number of ether oxygens (including phenoxy) is 1. The average molecular weight is 539 g/mol. The van der Waals surface area contributed by atoms with Crippen molar-refractivity contribution in [1.29, 1.82) is 0 Å². The van der Waals surface area contributed by atoms with Gasteiger partial charge in [-0.3, -0.25) is 9.59 Å². The first-order chi connectivity index (χ1) is 18.5. The number of anilines is 1. The first-order valence-electron chi connectivity index (χ1n) is 12.0. The third kappa shape index (κ3) is 6.35. The number of amides is 1. The summed E-state index contributed by atoms with van der Waals surface area (Å²) in [6.07, 6.45) is 0.142. The molecule has 0 saturated heterocycles. The zero-order valence-electron chi connectivity index (χ0n) is 20.3.